The first-order valence-electron chi connectivity index (χ1n) is 7.42. The van der Waals surface area contributed by atoms with Gasteiger partial charge in [0.25, 0.3) is 0 Å². The van der Waals surface area contributed by atoms with E-state index in [1.54, 1.807) is 12.1 Å². The molecule has 1 aliphatic heterocycles. The molecule has 2 aromatic carbocycles. The Morgan fingerprint density at radius 1 is 1.28 bits per heavy atom. The topological polar surface area (TPSA) is 107 Å². The predicted molar refractivity (Wildman–Crippen MR) is 99.9 cm³/mol. The van der Waals surface area contributed by atoms with Gasteiger partial charge in [-0.05, 0) is 24.3 Å². The molecule has 3 rings (SSSR count). The number of nitrogens with zero attached hydrogens (tertiary/aromatic N) is 3. The van der Waals surface area contributed by atoms with Gasteiger partial charge in [-0.2, -0.15) is 10.5 Å². The van der Waals surface area contributed by atoms with Crippen molar-refractivity contribution in [3.05, 3.63) is 46.4 Å². The van der Waals surface area contributed by atoms with Crippen LogP contribution in [0.5, 0.6) is 5.75 Å². The molecule has 0 radical (unpaired) electrons. The fourth-order valence-corrected chi connectivity index (χ4v) is 3.08. The molecule has 0 fully saturated rings. The number of hydrogen-bond acceptors (Lipinski definition) is 6. The zero-order valence-corrected chi connectivity index (χ0v) is 15.0. The zero-order valence-electron chi connectivity index (χ0n) is 13.4. The van der Waals surface area contributed by atoms with Crippen LogP contribution in [0.1, 0.15) is 5.56 Å². The molecule has 0 atom stereocenters. The number of nitriles is 2. The van der Waals surface area contributed by atoms with Crippen LogP contribution < -0.4 is 15.8 Å². The molecule has 7 heteroatoms. The molecule has 1 heterocycles. The van der Waals surface area contributed by atoms with E-state index >= 15 is 0 Å². The highest BCUT2D eigenvalue weighted by atomic mass is 79.9. The smallest absolute Gasteiger partial charge is 0.202 e. The second kappa shape index (κ2) is 6.46. The molecule has 124 valence electrons. The van der Waals surface area contributed by atoms with Crippen LogP contribution in [0.4, 0.5) is 17.1 Å². The number of rotatable bonds is 2. The van der Waals surface area contributed by atoms with Crippen LogP contribution in [0.2, 0.25) is 0 Å². The third-order valence-corrected chi connectivity index (χ3v) is 4.50. The molecule has 0 unspecified atom stereocenters. The van der Waals surface area contributed by atoms with Gasteiger partial charge in [-0.25, -0.2) is 4.99 Å². The molecule has 25 heavy (non-hydrogen) atoms. The van der Waals surface area contributed by atoms with E-state index in [1.165, 1.54) is 7.11 Å². The summed E-state index contributed by atoms with van der Waals surface area (Å²) in [5.41, 5.74) is 7.39. The molecule has 0 aliphatic carbocycles. The van der Waals surface area contributed by atoms with Gasteiger partial charge in [0.1, 0.15) is 5.75 Å². The van der Waals surface area contributed by atoms with Crippen LogP contribution in [0, 0.1) is 28.1 Å². The molecule has 6 nitrogen and oxygen atoms in total. The summed E-state index contributed by atoms with van der Waals surface area (Å²) in [6.45, 7) is 0.132. The summed E-state index contributed by atoms with van der Waals surface area (Å²) < 4.78 is 6.10. The van der Waals surface area contributed by atoms with Gasteiger partial charge in [-0.1, -0.05) is 22.0 Å². The van der Waals surface area contributed by atoms with Gasteiger partial charge in [-0.15, -0.1) is 0 Å². The van der Waals surface area contributed by atoms with Crippen molar-refractivity contribution in [2.75, 3.05) is 24.7 Å². The largest absolute Gasteiger partial charge is 0.495 e. The van der Waals surface area contributed by atoms with Crippen molar-refractivity contribution < 1.29 is 4.74 Å². The average molecular weight is 396 g/mol. The number of anilines is 2. The Hall–Kier alpha value is -3.03. The normalized spacial score (nSPS) is 16.2. The number of benzene rings is 2. The number of ether oxygens (including phenoxy) is 1. The lowest BCUT2D eigenvalue weighted by Gasteiger charge is -2.30. The number of methoxy groups -OCH3 is 1. The Morgan fingerprint density at radius 3 is 2.68 bits per heavy atom. The quantitative estimate of drug-likeness (QED) is 0.754. The van der Waals surface area contributed by atoms with E-state index < -0.39 is 5.41 Å². The molecule has 0 saturated carbocycles. The van der Waals surface area contributed by atoms with Crippen molar-refractivity contribution in [2.45, 2.75) is 0 Å². The summed E-state index contributed by atoms with van der Waals surface area (Å²) in [4.78, 5) is 4.62. The number of fused-ring (bicyclic) bond motifs is 1. The highest BCUT2D eigenvalue weighted by molar-refractivity contribution is 9.10. The van der Waals surface area contributed by atoms with E-state index in [4.69, 9.17) is 10.5 Å². The zero-order chi connectivity index (χ0) is 18.0. The van der Waals surface area contributed by atoms with Crippen LogP contribution in [0.3, 0.4) is 0 Å². The minimum atomic E-state index is -1.41. The fourth-order valence-electron chi connectivity index (χ4n) is 2.70. The Labute approximate surface area is 153 Å². The molecular formula is C18H14BrN5O. The minimum absolute atomic E-state index is 0.132. The van der Waals surface area contributed by atoms with Gasteiger partial charge in [0.05, 0.1) is 42.9 Å². The highest BCUT2D eigenvalue weighted by Gasteiger charge is 2.42. The van der Waals surface area contributed by atoms with Gasteiger partial charge in [0.15, 0.2) is 0 Å². The van der Waals surface area contributed by atoms with Crippen LogP contribution in [0.15, 0.2) is 45.9 Å². The van der Waals surface area contributed by atoms with Crippen molar-refractivity contribution in [3.8, 4) is 17.9 Å². The SMILES string of the molecule is COc1cc2c(cc1N)C(=Nc1cccc(Br)c1)C(C#N)(C#N)CN2. The first-order chi connectivity index (χ1) is 12.0. The summed E-state index contributed by atoms with van der Waals surface area (Å²) in [6.07, 6.45) is 0. The summed E-state index contributed by atoms with van der Waals surface area (Å²) in [5, 5.41) is 22.5. The fraction of sp³-hybridized carbons (Fsp3) is 0.167. The van der Waals surface area contributed by atoms with Gasteiger partial charge < -0.3 is 15.8 Å². The number of nitrogens with one attached hydrogen (secondary N) is 1. The van der Waals surface area contributed by atoms with Gasteiger partial charge in [0.2, 0.25) is 5.41 Å². The van der Waals surface area contributed by atoms with Crippen molar-refractivity contribution in [1.82, 2.24) is 0 Å². The van der Waals surface area contributed by atoms with Crippen molar-refractivity contribution in [1.29, 1.82) is 10.5 Å². The minimum Gasteiger partial charge on any atom is -0.495 e. The summed E-state index contributed by atoms with van der Waals surface area (Å²) in [7, 11) is 1.53. The number of nitrogen functional groups attached to an aromatic ring is 1. The van der Waals surface area contributed by atoms with Crippen LogP contribution >= 0.6 is 15.9 Å². The maximum absolute atomic E-state index is 9.68. The lowest BCUT2D eigenvalue weighted by atomic mass is 9.78. The second-order valence-electron chi connectivity index (χ2n) is 5.56. The maximum atomic E-state index is 9.68. The van der Waals surface area contributed by atoms with Crippen LogP contribution in [-0.4, -0.2) is 19.4 Å². The van der Waals surface area contributed by atoms with E-state index in [0.29, 0.717) is 28.4 Å². The number of hydrogen-bond donors (Lipinski definition) is 2. The number of nitrogens with two attached hydrogens (primary N) is 1. The summed E-state index contributed by atoms with van der Waals surface area (Å²) in [5.74, 6) is 0.523. The first-order valence-corrected chi connectivity index (χ1v) is 8.21. The lowest BCUT2D eigenvalue weighted by Crippen LogP contribution is -2.40. The molecule has 2 aromatic rings. The lowest BCUT2D eigenvalue weighted by molar-refractivity contribution is 0.417. The van der Waals surface area contributed by atoms with Gasteiger partial charge in [-0.3, -0.25) is 0 Å². The Balaban J connectivity index is 2.26. The van der Waals surface area contributed by atoms with E-state index in [1.807, 2.05) is 24.3 Å². The maximum Gasteiger partial charge on any atom is 0.202 e. The number of aliphatic imine (C=N–C) groups is 1. The molecule has 0 amide bonds. The van der Waals surface area contributed by atoms with E-state index in [2.05, 4.69) is 38.4 Å². The van der Waals surface area contributed by atoms with E-state index in [0.717, 1.165) is 10.2 Å². The molecule has 1 aliphatic rings. The third-order valence-electron chi connectivity index (χ3n) is 4.00. The van der Waals surface area contributed by atoms with E-state index in [-0.39, 0.29) is 6.54 Å². The molecule has 3 N–H and O–H groups in total. The third kappa shape index (κ3) is 2.90. The predicted octanol–water partition coefficient (Wildman–Crippen LogP) is 3.62. The average Bonchev–Trinajstić information content (AvgIpc) is 2.62. The second-order valence-corrected chi connectivity index (χ2v) is 6.48. The Kier molecular flexibility index (Phi) is 4.35. The van der Waals surface area contributed by atoms with Crippen molar-refractivity contribution >= 4 is 38.7 Å². The highest BCUT2D eigenvalue weighted by Crippen LogP contribution is 2.39. The van der Waals surface area contributed by atoms with Gasteiger partial charge >= 0.3 is 0 Å². The first kappa shape index (κ1) is 16.8. The van der Waals surface area contributed by atoms with Gasteiger partial charge in [0, 0.05) is 21.8 Å². The molecule has 0 bridgehead atoms. The van der Waals surface area contributed by atoms with Crippen molar-refractivity contribution in [2.24, 2.45) is 10.4 Å². The summed E-state index contributed by atoms with van der Waals surface area (Å²) in [6, 6.07) is 15.0. The standard InChI is InChI=1S/C18H14BrN5O/c1-25-16-7-15-13(6-14(16)22)17(18(8-20,9-21)10-23-15)24-12-4-2-3-11(19)5-12/h2-7,23H,10,22H2,1H3. The van der Waals surface area contributed by atoms with Crippen LogP contribution in [-0.2, 0) is 0 Å². The summed E-state index contributed by atoms with van der Waals surface area (Å²) >= 11 is 3.40. The monoisotopic (exact) mass is 395 g/mol. The molecule has 0 spiro atoms. The van der Waals surface area contributed by atoms with Crippen LogP contribution in [0.25, 0.3) is 0 Å². The molecule has 0 saturated heterocycles. The van der Waals surface area contributed by atoms with Crippen molar-refractivity contribution in [3.63, 3.8) is 0 Å². The molecule has 0 aromatic heterocycles. The molecular weight excluding hydrogens is 382 g/mol. The number of halogens is 1. The Morgan fingerprint density at radius 2 is 2.04 bits per heavy atom. The Bertz CT molecular complexity index is 941. The van der Waals surface area contributed by atoms with E-state index in [9.17, 15) is 10.5 Å².